The second-order valence-electron chi connectivity index (χ2n) is 6.22. The Balaban J connectivity index is 1.52. The van der Waals surface area contributed by atoms with Crippen LogP contribution < -0.4 is 18.9 Å². The van der Waals surface area contributed by atoms with Gasteiger partial charge in [-0.05, 0) is 49.8 Å². The molecule has 7 heteroatoms. The number of carbonyl (C=O) groups is 2. The quantitative estimate of drug-likeness (QED) is 0.579. The highest BCUT2D eigenvalue weighted by molar-refractivity contribution is 6.14. The third kappa shape index (κ3) is 3.38. The number of ether oxygens (including phenoxy) is 5. The van der Waals surface area contributed by atoms with E-state index in [9.17, 15) is 9.59 Å². The normalized spacial score (nSPS) is 16.5. The van der Waals surface area contributed by atoms with E-state index < -0.39 is 12.1 Å². The van der Waals surface area contributed by atoms with Crippen molar-refractivity contribution in [1.29, 1.82) is 0 Å². The zero-order chi connectivity index (χ0) is 19.7. The summed E-state index contributed by atoms with van der Waals surface area (Å²) < 4.78 is 26.9. The van der Waals surface area contributed by atoms with Crippen LogP contribution in [0.3, 0.4) is 0 Å². The van der Waals surface area contributed by atoms with Crippen LogP contribution in [0.5, 0.6) is 23.0 Å². The van der Waals surface area contributed by atoms with E-state index in [1.165, 1.54) is 0 Å². The molecule has 0 bridgehead atoms. The van der Waals surface area contributed by atoms with Gasteiger partial charge in [-0.1, -0.05) is 6.07 Å². The summed E-state index contributed by atoms with van der Waals surface area (Å²) in [5.74, 6) is 1.61. The fourth-order valence-corrected chi connectivity index (χ4v) is 2.91. The van der Waals surface area contributed by atoms with Crippen LogP contribution in [0.4, 0.5) is 0 Å². The molecule has 2 aromatic carbocycles. The van der Waals surface area contributed by atoms with E-state index in [0.717, 1.165) is 5.56 Å². The highest BCUT2D eigenvalue weighted by Crippen LogP contribution is 2.37. The lowest BCUT2D eigenvalue weighted by Gasteiger charge is -2.13. The van der Waals surface area contributed by atoms with Crippen LogP contribution in [-0.4, -0.2) is 31.3 Å². The number of hydrogen-bond acceptors (Lipinski definition) is 7. The molecule has 2 aromatic rings. The molecule has 0 amide bonds. The van der Waals surface area contributed by atoms with E-state index in [2.05, 4.69) is 0 Å². The first-order valence-electron chi connectivity index (χ1n) is 8.86. The first kappa shape index (κ1) is 17.9. The van der Waals surface area contributed by atoms with Gasteiger partial charge in [0.2, 0.25) is 12.6 Å². The average molecular weight is 382 g/mol. The first-order chi connectivity index (χ1) is 13.5. The van der Waals surface area contributed by atoms with Gasteiger partial charge in [0.25, 0.3) is 0 Å². The zero-order valence-electron chi connectivity index (χ0n) is 15.4. The van der Waals surface area contributed by atoms with Gasteiger partial charge in [0.05, 0.1) is 12.2 Å². The Morgan fingerprint density at radius 1 is 1.14 bits per heavy atom. The van der Waals surface area contributed by atoms with Gasteiger partial charge in [-0.25, -0.2) is 4.79 Å². The molecule has 0 N–H and O–H groups in total. The van der Waals surface area contributed by atoms with Crippen molar-refractivity contribution in [3.8, 4) is 23.0 Å². The van der Waals surface area contributed by atoms with Crippen LogP contribution in [0, 0.1) is 0 Å². The Bertz CT molecular complexity index is 977. The second-order valence-corrected chi connectivity index (χ2v) is 6.22. The van der Waals surface area contributed by atoms with Crippen molar-refractivity contribution in [2.45, 2.75) is 20.0 Å². The van der Waals surface area contributed by atoms with Crippen LogP contribution in [0.1, 0.15) is 29.8 Å². The number of allylic oxidation sites excluding steroid dienone is 1. The summed E-state index contributed by atoms with van der Waals surface area (Å²) in [4.78, 5) is 24.3. The van der Waals surface area contributed by atoms with Crippen LogP contribution >= 0.6 is 0 Å². The van der Waals surface area contributed by atoms with Gasteiger partial charge < -0.3 is 23.7 Å². The van der Waals surface area contributed by atoms with E-state index in [0.29, 0.717) is 28.6 Å². The number of fused-ring (bicyclic) bond motifs is 2. The van der Waals surface area contributed by atoms with Crippen LogP contribution in [0.2, 0.25) is 0 Å². The minimum Gasteiger partial charge on any atom is -0.479 e. The Morgan fingerprint density at radius 3 is 2.79 bits per heavy atom. The minimum absolute atomic E-state index is 0.184. The molecular weight excluding hydrogens is 364 g/mol. The van der Waals surface area contributed by atoms with Crippen LogP contribution in [0.15, 0.2) is 42.2 Å². The van der Waals surface area contributed by atoms with Crippen molar-refractivity contribution in [1.82, 2.24) is 0 Å². The topological polar surface area (TPSA) is 80.3 Å². The Labute approximate surface area is 161 Å². The predicted molar refractivity (Wildman–Crippen MR) is 98.7 cm³/mol. The van der Waals surface area contributed by atoms with Crippen LogP contribution in [-0.2, 0) is 9.53 Å². The number of rotatable bonds is 5. The maximum atomic E-state index is 12.6. The van der Waals surface area contributed by atoms with Gasteiger partial charge in [0.1, 0.15) is 11.5 Å². The predicted octanol–water partition coefficient (Wildman–Crippen LogP) is 3.36. The monoisotopic (exact) mass is 382 g/mol. The van der Waals surface area contributed by atoms with E-state index in [-0.39, 0.29) is 24.9 Å². The van der Waals surface area contributed by atoms with Gasteiger partial charge in [0, 0.05) is 6.07 Å². The van der Waals surface area contributed by atoms with E-state index in [1.54, 1.807) is 50.3 Å². The summed E-state index contributed by atoms with van der Waals surface area (Å²) in [7, 11) is 0. The Kier molecular flexibility index (Phi) is 4.65. The summed E-state index contributed by atoms with van der Waals surface area (Å²) in [6.45, 7) is 3.79. The molecule has 2 aliphatic rings. The molecule has 1 unspecified atom stereocenters. The van der Waals surface area contributed by atoms with Gasteiger partial charge in [-0.2, -0.15) is 0 Å². The molecule has 0 spiro atoms. The van der Waals surface area contributed by atoms with Gasteiger partial charge in [-0.3, -0.25) is 4.79 Å². The molecule has 0 saturated carbocycles. The second kappa shape index (κ2) is 7.26. The molecule has 144 valence electrons. The molecule has 1 atom stereocenters. The maximum Gasteiger partial charge on any atom is 0.347 e. The van der Waals surface area contributed by atoms with Crippen LogP contribution in [0.25, 0.3) is 6.08 Å². The van der Waals surface area contributed by atoms with Gasteiger partial charge in [-0.15, -0.1) is 0 Å². The van der Waals surface area contributed by atoms with Crippen molar-refractivity contribution in [3.05, 3.63) is 53.3 Å². The summed E-state index contributed by atoms with van der Waals surface area (Å²) in [5.41, 5.74) is 1.19. The van der Waals surface area contributed by atoms with E-state index in [4.69, 9.17) is 23.7 Å². The standard InChI is InChI=1S/C21H18O7/c1-3-24-21(23)12(2)27-14-5-6-15-17(10-14)28-19(20(15)22)9-13-4-7-16-18(8-13)26-11-25-16/h4-10,12H,3,11H2,1-2H3. The fourth-order valence-electron chi connectivity index (χ4n) is 2.91. The number of ketones is 1. The molecule has 0 aliphatic carbocycles. The summed E-state index contributed by atoms with van der Waals surface area (Å²) in [6, 6.07) is 10.2. The number of benzene rings is 2. The average Bonchev–Trinajstić information content (AvgIpc) is 3.26. The molecular formula is C21H18O7. The van der Waals surface area contributed by atoms with Crippen molar-refractivity contribution in [2.24, 2.45) is 0 Å². The van der Waals surface area contributed by atoms with E-state index >= 15 is 0 Å². The molecule has 0 radical (unpaired) electrons. The third-order valence-electron chi connectivity index (χ3n) is 4.27. The van der Waals surface area contributed by atoms with Crippen molar-refractivity contribution in [2.75, 3.05) is 13.4 Å². The fraction of sp³-hybridized carbons (Fsp3) is 0.238. The van der Waals surface area contributed by atoms with Gasteiger partial charge in [0.15, 0.2) is 23.4 Å². The van der Waals surface area contributed by atoms with Crippen molar-refractivity contribution in [3.63, 3.8) is 0 Å². The lowest BCUT2D eigenvalue weighted by molar-refractivity contribution is -0.150. The largest absolute Gasteiger partial charge is 0.479 e. The highest BCUT2D eigenvalue weighted by Gasteiger charge is 2.28. The number of hydrogen-bond donors (Lipinski definition) is 0. The molecule has 0 fully saturated rings. The lowest BCUT2D eigenvalue weighted by Crippen LogP contribution is -2.26. The number of carbonyl (C=O) groups excluding carboxylic acids is 2. The molecule has 28 heavy (non-hydrogen) atoms. The molecule has 2 aliphatic heterocycles. The summed E-state index contributed by atoms with van der Waals surface area (Å²) >= 11 is 0. The van der Waals surface area contributed by atoms with E-state index in [1.807, 2.05) is 6.07 Å². The molecule has 0 saturated heterocycles. The number of Topliss-reactive ketones (excluding diaryl/α,β-unsaturated/α-hetero) is 1. The van der Waals surface area contributed by atoms with Gasteiger partial charge >= 0.3 is 5.97 Å². The van der Waals surface area contributed by atoms with Crippen molar-refractivity contribution >= 4 is 17.8 Å². The lowest BCUT2D eigenvalue weighted by atomic mass is 10.1. The minimum atomic E-state index is -0.765. The number of esters is 1. The smallest absolute Gasteiger partial charge is 0.347 e. The summed E-state index contributed by atoms with van der Waals surface area (Å²) in [6.07, 6.45) is 0.880. The highest BCUT2D eigenvalue weighted by atomic mass is 16.7. The molecule has 7 nitrogen and oxygen atoms in total. The van der Waals surface area contributed by atoms with Crippen molar-refractivity contribution < 1.29 is 33.3 Å². The molecule has 2 heterocycles. The Morgan fingerprint density at radius 2 is 1.96 bits per heavy atom. The SMILES string of the molecule is CCOC(=O)C(C)Oc1ccc2c(c1)OC(=Cc1ccc3c(c1)OCO3)C2=O. The molecule has 0 aromatic heterocycles. The molecule has 4 rings (SSSR count). The maximum absolute atomic E-state index is 12.6. The zero-order valence-corrected chi connectivity index (χ0v) is 15.4. The Hall–Kier alpha value is -3.48. The summed E-state index contributed by atoms with van der Waals surface area (Å²) in [5, 5.41) is 0. The third-order valence-corrected chi connectivity index (χ3v) is 4.27. The first-order valence-corrected chi connectivity index (χ1v) is 8.86.